The molecule has 0 radical (unpaired) electrons. The topological polar surface area (TPSA) is 34.1 Å². The average molecular weight is 260 g/mol. The number of Topliss-reactive ketones (excluding diaryl/α,β-unsaturated/α-hetero) is 1. The highest BCUT2D eigenvalue weighted by Crippen LogP contribution is 2.15. The van der Waals surface area contributed by atoms with Crippen molar-refractivity contribution in [1.29, 1.82) is 0 Å². The molecule has 0 aliphatic heterocycles. The van der Waals surface area contributed by atoms with Crippen LogP contribution in [0.5, 0.6) is 0 Å². The average Bonchev–Trinajstić information content (AvgIpc) is 2.23. The zero-order valence-corrected chi connectivity index (χ0v) is 10.4. The molecule has 1 aromatic rings. The smallest absolute Gasteiger partial charge is 0.142 e. The summed E-state index contributed by atoms with van der Waals surface area (Å²) in [5, 5.41) is 0. The second-order valence-corrected chi connectivity index (χ2v) is 5.32. The molecule has 94 valence electrons. The van der Waals surface area contributed by atoms with Gasteiger partial charge in [-0.3, -0.25) is 4.21 Å². The van der Waals surface area contributed by atoms with Gasteiger partial charge in [-0.25, -0.2) is 8.78 Å². The highest BCUT2D eigenvalue weighted by Gasteiger charge is 2.10. The minimum Gasteiger partial charge on any atom is -0.300 e. The Bertz CT molecular complexity index is 433. The van der Waals surface area contributed by atoms with E-state index in [2.05, 4.69) is 0 Å². The molecule has 0 aliphatic carbocycles. The Balaban J connectivity index is 2.50. The molecule has 1 unspecified atom stereocenters. The number of rotatable bonds is 6. The highest BCUT2D eigenvalue weighted by molar-refractivity contribution is 7.85. The highest BCUT2D eigenvalue weighted by atomic mass is 32.2. The number of ketones is 1. The van der Waals surface area contributed by atoms with Crippen molar-refractivity contribution in [2.75, 3.05) is 5.75 Å². The maximum absolute atomic E-state index is 13.3. The molecule has 0 saturated heterocycles. The minimum atomic E-state index is -1.47. The van der Waals surface area contributed by atoms with E-state index in [0.717, 1.165) is 12.1 Å². The fourth-order valence-corrected chi connectivity index (χ4v) is 2.56. The number of benzene rings is 1. The fraction of sp³-hybridized carbons (Fsp3) is 0.417. The summed E-state index contributed by atoms with van der Waals surface area (Å²) >= 11 is 0. The predicted octanol–water partition coefficient (Wildman–Crippen LogP) is 2.83. The second kappa shape index (κ2) is 6.59. The van der Waals surface area contributed by atoms with Crippen LogP contribution in [-0.4, -0.2) is 15.7 Å². The summed E-state index contributed by atoms with van der Waals surface area (Å²) in [5.74, 6) is -1.09. The Morgan fingerprint density at radius 3 is 2.59 bits per heavy atom. The number of hydrogen-bond donors (Lipinski definition) is 0. The zero-order chi connectivity index (χ0) is 12.8. The standard InChI is InChI=1S/C12H14F2O2S/c1-9(15)4-2-3-7-17(16)12-6-5-10(13)8-11(12)14/h5-6,8H,2-4,7H2,1H3. The summed E-state index contributed by atoms with van der Waals surface area (Å²) in [6.07, 6.45) is 1.68. The maximum Gasteiger partial charge on any atom is 0.142 e. The lowest BCUT2D eigenvalue weighted by Gasteiger charge is -2.03. The largest absolute Gasteiger partial charge is 0.300 e. The summed E-state index contributed by atoms with van der Waals surface area (Å²) in [7, 11) is -1.47. The van der Waals surface area contributed by atoms with Crippen LogP contribution < -0.4 is 0 Å². The first-order valence-corrected chi connectivity index (χ1v) is 6.65. The monoisotopic (exact) mass is 260 g/mol. The van der Waals surface area contributed by atoms with Gasteiger partial charge in [-0.05, 0) is 31.9 Å². The first-order chi connectivity index (χ1) is 8.00. The Kier molecular flexibility index (Phi) is 5.41. The second-order valence-electron chi connectivity index (χ2n) is 3.78. The van der Waals surface area contributed by atoms with Crippen molar-refractivity contribution < 1.29 is 17.8 Å². The van der Waals surface area contributed by atoms with E-state index in [-0.39, 0.29) is 16.4 Å². The molecule has 17 heavy (non-hydrogen) atoms. The van der Waals surface area contributed by atoms with Gasteiger partial charge in [0.2, 0.25) is 0 Å². The van der Waals surface area contributed by atoms with Crippen molar-refractivity contribution in [3.63, 3.8) is 0 Å². The Hall–Kier alpha value is -1.10. The van der Waals surface area contributed by atoms with Gasteiger partial charge in [0, 0.05) is 18.2 Å². The lowest BCUT2D eigenvalue weighted by atomic mass is 10.2. The third kappa shape index (κ3) is 4.73. The predicted molar refractivity (Wildman–Crippen MR) is 62.2 cm³/mol. The molecule has 1 rings (SSSR count). The van der Waals surface area contributed by atoms with E-state index in [1.54, 1.807) is 0 Å². The van der Waals surface area contributed by atoms with Crippen molar-refractivity contribution in [3.05, 3.63) is 29.8 Å². The molecule has 0 fully saturated rings. The quantitative estimate of drug-likeness (QED) is 0.737. The molecule has 0 spiro atoms. The van der Waals surface area contributed by atoms with Gasteiger partial charge in [0.05, 0.1) is 15.7 Å². The van der Waals surface area contributed by atoms with Gasteiger partial charge in [-0.1, -0.05) is 0 Å². The molecular weight excluding hydrogens is 246 g/mol. The molecule has 1 aromatic carbocycles. The van der Waals surface area contributed by atoms with Crippen LogP contribution in [0.25, 0.3) is 0 Å². The molecule has 0 aliphatic rings. The molecule has 0 heterocycles. The summed E-state index contributed by atoms with van der Waals surface area (Å²) in [6, 6.07) is 3.01. The van der Waals surface area contributed by atoms with Crippen LogP contribution in [0.2, 0.25) is 0 Å². The maximum atomic E-state index is 13.3. The van der Waals surface area contributed by atoms with Gasteiger partial charge < -0.3 is 4.79 Å². The SMILES string of the molecule is CC(=O)CCCCS(=O)c1ccc(F)cc1F. The van der Waals surface area contributed by atoms with Gasteiger partial charge in [-0.2, -0.15) is 0 Å². The molecule has 0 bridgehead atoms. The van der Waals surface area contributed by atoms with Crippen LogP contribution in [0.3, 0.4) is 0 Å². The van der Waals surface area contributed by atoms with Crippen molar-refractivity contribution in [2.24, 2.45) is 0 Å². The van der Waals surface area contributed by atoms with E-state index in [4.69, 9.17) is 0 Å². The summed E-state index contributed by atoms with van der Waals surface area (Å²) in [4.78, 5) is 10.7. The van der Waals surface area contributed by atoms with Crippen LogP contribution in [0.1, 0.15) is 26.2 Å². The normalized spacial score (nSPS) is 12.4. The van der Waals surface area contributed by atoms with Crippen molar-refractivity contribution in [1.82, 2.24) is 0 Å². The van der Waals surface area contributed by atoms with E-state index in [0.29, 0.717) is 19.3 Å². The first kappa shape index (κ1) is 14.0. The Morgan fingerprint density at radius 2 is 2.00 bits per heavy atom. The van der Waals surface area contributed by atoms with Crippen molar-refractivity contribution >= 4 is 16.6 Å². The molecule has 0 saturated carbocycles. The molecule has 5 heteroatoms. The summed E-state index contributed by atoms with van der Waals surface area (Å²) < 4.78 is 37.6. The van der Waals surface area contributed by atoms with Crippen LogP contribution in [0.4, 0.5) is 8.78 Å². The molecule has 1 atom stereocenters. The van der Waals surface area contributed by atoms with Crippen LogP contribution in [0, 0.1) is 11.6 Å². The number of halogens is 2. The van der Waals surface area contributed by atoms with E-state index < -0.39 is 22.4 Å². The van der Waals surface area contributed by atoms with Gasteiger partial charge >= 0.3 is 0 Å². The Morgan fingerprint density at radius 1 is 1.29 bits per heavy atom. The molecular formula is C12H14F2O2S. The van der Waals surface area contributed by atoms with Crippen LogP contribution in [0.15, 0.2) is 23.1 Å². The minimum absolute atomic E-state index is 0.0224. The third-order valence-corrected chi connectivity index (χ3v) is 3.73. The summed E-state index contributed by atoms with van der Waals surface area (Å²) in [5.41, 5.74) is 0. The van der Waals surface area contributed by atoms with Gasteiger partial charge in [0.25, 0.3) is 0 Å². The molecule has 0 aromatic heterocycles. The molecule has 0 amide bonds. The summed E-state index contributed by atoms with van der Waals surface area (Å²) in [6.45, 7) is 1.50. The Labute approximate surface area is 101 Å². The first-order valence-electron chi connectivity index (χ1n) is 5.33. The van der Waals surface area contributed by atoms with Crippen LogP contribution in [-0.2, 0) is 15.6 Å². The van der Waals surface area contributed by atoms with Crippen molar-refractivity contribution in [3.8, 4) is 0 Å². The number of hydrogen-bond acceptors (Lipinski definition) is 2. The van der Waals surface area contributed by atoms with E-state index in [9.17, 15) is 17.8 Å². The van der Waals surface area contributed by atoms with Gasteiger partial charge in [0.15, 0.2) is 0 Å². The third-order valence-electron chi connectivity index (χ3n) is 2.25. The van der Waals surface area contributed by atoms with Gasteiger partial charge in [0.1, 0.15) is 17.4 Å². The molecule has 2 nitrogen and oxygen atoms in total. The lowest BCUT2D eigenvalue weighted by molar-refractivity contribution is -0.117. The van der Waals surface area contributed by atoms with E-state index in [1.165, 1.54) is 13.0 Å². The number of carbonyl (C=O) groups is 1. The van der Waals surface area contributed by atoms with Gasteiger partial charge in [-0.15, -0.1) is 0 Å². The zero-order valence-electron chi connectivity index (χ0n) is 9.54. The number of unbranched alkanes of at least 4 members (excludes halogenated alkanes) is 1. The fourth-order valence-electron chi connectivity index (χ4n) is 1.38. The van der Waals surface area contributed by atoms with Crippen LogP contribution >= 0.6 is 0 Å². The number of carbonyl (C=O) groups excluding carboxylic acids is 1. The lowest BCUT2D eigenvalue weighted by Crippen LogP contribution is -2.02. The van der Waals surface area contributed by atoms with E-state index in [1.807, 2.05) is 0 Å². The van der Waals surface area contributed by atoms with E-state index >= 15 is 0 Å². The molecule has 0 N–H and O–H groups in total. The van der Waals surface area contributed by atoms with Crippen molar-refractivity contribution in [2.45, 2.75) is 31.1 Å².